The topological polar surface area (TPSA) is 55.3 Å². The smallest absolute Gasteiger partial charge is 0.231 e. The molecule has 0 saturated carbocycles. The van der Waals surface area contributed by atoms with Crippen molar-refractivity contribution in [2.24, 2.45) is 0 Å². The molecule has 0 N–H and O–H groups in total. The number of carbonyl (C=O) groups is 1. The SMILES string of the molecule is COc1nc(SC)ncc1/C=C1/SCCN1C(=O)Cc1ccccc1. The summed E-state index contributed by atoms with van der Waals surface area (Å²) in [7, 11) is 1.59. The van der Waals surface area contributed by atoms with E-state index in [2.05, 4.69) is 9.97 Å². The molecule has 2 aromatic rings. The Morgan fingerprint density at radius 1 is 1.40 bits per heavy atom. The predicted octanol–water partition coefficient (Wildman–Crippen LogP) is 3.32. The van der Waals surface area contributed by atoms with Crippen LogP contribution in [-0.2, 0) is 11.2 Å². The molecule has 0 atom stereocenters. The molecule has 25 heavy (non-hydrogen) atoms. The van der Waals surface area contributed by atoms with E-state index in [1.807, 2.05) is 47.6 Å². The van der Waals surface area contributed by atoms with Crippen LogP contribution in [-0.4, -0.2) is 46.4 Å². The second kappa shape index (κ2) is 8.40. The average Bonchev–Trinajstić information content (AvgIpc) is 3.11. The summed E-state index contributed by atoms with van der Waals surface area (Å²) < 4.78 is 5.37. The van der Waals surface area contributed by atoms with Gasteiger partial charge in [-0.3, -0.25) is 4.79 Å². The van der Waals surface area contributed by atoms with Crippen molar-refractivity contribution in [3.63, 3.8) is 0 Å². The third kappa shape index (κ3) is 4.35. The van der Waals surface area contributed by atoms with Gasteiger partial charge in [-0.15, -0.1) is 11.8 Å². The van der Waals surface area contributed by atoms with Gasteiger partial charge in [0.1, 0.15) is 0 Å². The van der Waals surface area contributed by atoms with Crippen molar-refractivity contribution in [2.45, 2.75) is 11.6 Å². The maximum atomic E-state index is 12.7. The van der Waals surface area contributed by atoms with Crippen molar-refractivity contribution in [3.8, 4) is 5.88 Å². The highest BCUT2D eigenvalue weighted by molar-refractivity contribution is 8.03. The molecule has 5 nitrogen and oxygen atoms in total. The van der Waals surface area contributed by atoms with E-state index in [1.54, 1.807) is 25.1 Å². The standard InChI is InChI=1S/C18H19N3O2S2/c1-23-17-14(12-19-18(20-17)24-2)11-16-21(8-9-25-16)15(22)10-13-6-4-3-5-7-13/h3-7,11-12H,8-10H2,1-2H3/b16-11+. The van der Waals surface area contributed by atoms with Gasteiger partial charge in [0, 0.05) is 18.5 Å². The van der Waals surface area contributed by atoms with Crippen molar-refractivity contribution in [2.75, 3.05) is 25.7 Å². The summed E-state index contributed by atoms with van der Waals surface area (Å²) in [6, 6.07) is 9.81. The monoisotopic (exact) mass is 373 g/mol. The van der Waals surface area contributed by atoms with Crippen LogP contribution in [0.15, 0.2) is 46.7 Å². The molecule has 3 rings (SSSR count). The first-order chi connectivity index (χ1) is 12.2. The van der Waals surface area contributed by atoms with Crippen LogP contribution in [0.2, 0.25) is 0 Å². The van der Waals surface area contributed by atoms with E-state index < -0.39 is 0 Å². The molecule has 0 bridgehead atoms. The van der Waals surface area contributed by atoms with Gasteiger partial charge < -0.3 is 9.64 Å². The maximum Gasteiger partial charge on any atom is 0.231 e. The third-order valence-corrected chi connectivity index (χ3v) is 5.33. The van der Waals surface area contributed by atoms with E-state index in [9.17, 15) is 4.79 Å². The molecule has 0 unspecified atom stereocenters. The van der Waals surface area contributed by atoms with Crippen LogP contribution in [0.5, 0.6) is 5.88 Å². The van der Waals surface area contributed by atoms with Gasteiger partial charge in [0.25, 0.3) is 0 Å². The Kier molecular flexibility index (Phi) is 5.99. The summed E-state index contributed by atoms with van der Waals surface area (Å²) in [6.45, 7) is 0.717. The molecule has 1 aliphatic heterocycles. The van der Waals surface area contributed by atoms with Crippen LogP contribution < -0.4 is 4.74 Å². The number of carbonyl (C=O) groups excluding carboxylic acids is 1. The highest BCUT2D eigenvalue weighted by atomic mass is 32.2. The second-order valence-electron chi connectivity index (χ2n) is 5.36. The molecule has 7 heteroatoms. The quantitative estimate of drug-likeness (QED) is 0.592. The van der Waals surface area contributed by atoms with E-state index in [4.69, 9.17) is 4.74 Å². The van der Waals surface area contributed by atoms with Gasteiger partial charge in [-0.1, -0.05) is 42.1 Å². The van der Waals surface area contributed by atoms with Gasteiger partial charge in [-0.2, -0.15) is 4.98 Å². The lowest BCUT2D eigenvalue weighted by Crippen LogP contribution is -2.28. The van der Waals surface area contributed by atoms with Crippen LogP contribution >= 0.6 is 23.5 Å². The number of aromatic nitrogens is 2. The van der Waals surface area contributed by atoms with Crippen LogP contribution in [0.25, 0.3) is 6.08 Å². The zero-order valence-electron chi connectivity index (χ0n) is 14.1. The fourth-order valence-corrected chi connectivity index (χ4v) is 3.89. The Morgan fingerprint density at radius 3 is 2.92 bits per heavy atom. The summed E-state index contributed by atoms with van der Waals surface area (Å²) >= 11 is 3.13. The highest BCUT2D eigenvalue weighted by Gasteiger charge is 2.24. The van der Waals surface area contributed by atoms with Crippen LogP contribution in [0.3, 0.4) is 0 Å². The summed E-state index contributed by atoms with van der Waals surface area (Å²) in [5.41, 5.74) is 1.80. The Hall–Kier alpha value is -1.99. The van der Waals surface area contributed by atoms with Gasteiger partial charge >= 0.3 is 0 Å². The number of amides is 1. The number of nitrogens with zero attached hydrogens (tertiary/aromatic N) is 3. The van der Waals surface area contributed by atoms with Crippen molar-refractivity contribution < 1.29 is 9.53 Å². The van der Waals surface area contributed by atoms with Gasteiger partial charge in [0.2, 0.25) is 11.8 Å². The Balaban J connectivity index is 1.81. The van der Waals surface area contributed by atoms with Crippen molar-refractivity contribution in [3.05, 3.63) is 52.7 Å². The molecule has 0 radical (unpaired) electrons. The van der Waals surface area contributed by atoms with Crippen molar-refractivity contribution >= 4 is 35.5 Å². The lowest BCUT2D eigenvalue weighted by Gasteiger charge is -2.17. The Morgan fingerprint density at radius 2 is 2.20 bits per heavy atom. The molecule has 1 aliphatic rings. The minimum absolute atomic E-state index is 0.100. The summed E-state index contributed by atoms with van der Waals surface area (Å²) in [5.74, 6) is 1.51. The first-order valence-electron chi connectivity index (χ1n) is 7.85. The molecular formula is C18H19N3O2S2. The van der Waals surface area contributed by atoms with Gasteiger partial charge in [0.15, 0.2) is 5.16 Å². The van der Waals surface area contributed by atoms with Gasteiger partial charge in [-0.05, 0) is 17.9 Å². The van der Waals surface area contributed by atoms with E-state index in [1.165, 1.54) is 11.8 Å². The molecular weight excluding hydrogens is 354 g/mol. The number of rotatable bonds is 5. The number of ether oxygens (including phenoxy) is 1. The highest BCUT2D eigenvalue weighted by Crippen LogP contribution is 2.32. The first kappa shape index (κ1) is 17.8. The van der Waals surface area contributed by atoms with E-state index in [0.717, 1.165) is 21.9 Å². The lowest BCUT2D eigenvalue weighted by atomic mass is 10.1. The molecule has 0 aliphatic carbocycles. The van der Waals surface area contributed by atoms with Gasteiger partial charge in [-0.25, -0.2) is 4.98 Å². The largest absolute Gasteiger partial charge is 0.480 e. The minimum Gasteiger partial charge on any atom is -0.480 e. The molecule has 1 saturated heterocycles. The van der Waals surface area contributed by atoms with Crippen LogP contribution in [0, 0.1) is 0 Å². The number of methoxy groups -OCH3 is 1. The fraction of sp³-hybridized carbons (Fsp3) is 0.278. The molecule has 1 aromatic heterocycles. The predicted molar refractivity (Wildman–Crippen MR) is 103 cm³/mol. The molecule has 1 aromatic carbocycles. The number of hydrogen-bond donors (Lipinski definition) is 0. The summed E-state index contributed by atoms with van der Waals surface area (Å²) in [6.07, 6.45) is 5.99. The maximum absolute atomic E-state index is 12.7. The van der Waals surface area contributed by atoms with E-state index in [0.29, 0.717) is 24.0 Å². The zero-order valence-corrected chi connectivity index (χ0v) is 15.8. The lowest BCUT2D eigenvalue weighted by molar-refractivity contribution is -0.127. The molecule has 130 valence electrons. The average molecular weight is 374 g/mol. The Bertz CT molecular complexity index is 781. The molecule has 1 amide bonds. The minimum atomic E-state index is 0.100. The van der Waals surface area contributed by atoms with E-state index >= 15 is 0 Å². The Labute approximate surface area is 155 Å². The van der Waals surface area contributed by atoms with Crippen molar-refractivity contribution in [1.82, 2.24) is 14.9 Å². The van der Waals surface area contributed by atoms with E-state index in [-0.39, 0.29) is 5.91 Å². The first-order valence-corrected chi connectivity index (χ1v) is 10.1. The van der Waals surface area contributed by atoms with Crippen LogP contribution in [0.4, 0.5) is 0 Å². The molecule has 0 spiro atoms. The summed E-state index contributed by atoms with van der Waals surface area (Å²) in [5, 5.41) is 1.58. The van der Waals surface area contributed by atoms with Crippen LogP contribution in [0.1, 0.15) is 11.1 Å². The van der Waals surface area contributed by atoms with Gasteiger partial charge in [0.05, 0.1) is 24.1 Å². The number of benzene rings is 1. The number of hydrogen-bond acceptors (Lipinski definition) is 6. The summed E-state index contributed by atoms with van der Waals surface area (Å²) in [4.78, 5) is 23.2. The zero-order chi connectivity index (χ0) is 17.6. The normalized spacial score (nSPS) is 15.6. The van der Waals surface area contributed by atoms with Crippen molar-refractivity contribution in [1.29, 1.82) is 0 Å². The second-order valence-corrected chi connectivity index (χ2v) is 7.25. The third-order valence-electron chi connectivity index (χ3n) is 3.74. The molecule has 2 heterocycles. The number of thioether (sulfide) groups is 2. The fourth-order valence-electron chi connectivity index (χ4n) is 2.52. The molecule has 1 fully saturated rings.